The summed E-state index contributed by atoms with van der Waals surface area (Å²) in [4.78, 5) is 28.8. The third-order valence-corrected chi connectivity index (χ3v) is 7.48. The first-order valence-electron chi connectivity index (χ1n) is 11.6. The number of carbonyl (C=O) groups excluding carboxylic acids is 1. The number of aryl methyl sites for hydroxylation is 1. The largest absolute Gasteiger partial charge is 0.356 e. The second kappa shape index (κ2) is 7.01. The Labute approximate surface area is 191 Å². The van der Waals surface area contributed by atoms with Gasteiger partial charge in [-0.15, -0.1) is 10.2 Å². The van der Waals surface area contributed by atoms with Crippen LogP contribution >= 0.6 is 0 Å². The van der Waals surface area contributed by atoms with Gasteiger partial charge in [-0.1, -0.05) is 19.1 Å². The van der Waals surface area contributed by atoms with Gasteiger partial charge < -0.3 is 9.55 Å². The minimum Gasteiger partial charge on any atom is -0.356 e. The van der Waals surface area contributed by atoms with Gasteiger partial charge in [-0.2, -0.15) is 0 Å². The summed E-state index contributed by atoms with van der Waals surface area (Å²) in [5.74, 6) is 1.95. The zero-order valence-corrected chi connectivity index (χ0v) is 19.1. The second-order valence-corrected chi connectivity index (χ2v) is 9.95. The van der Waals surface area contributed by atoms with Crippen LogP contribution in [0.1, 0.15) is 72.8 Å². The highest BCUT2D eigenvalue weighted by Crippen LogP contribution is 2.51. The lowest BCUT2D eigenvalue weighted by atomic mass is 9.58. The zero-order chi connectivity index (χ0) is 22.9. The summed E-state index contributed by atoms with van der Waals surface area (Å²) in [6.45, 7) is 3.82. The standard InChI is InChI=1S/C26H27N5O2/c1-15-10-26(11-15,25-29-28-14-30(25)3)18-5-4-6-19(9-18)31-13-21(17-7-8-17)22-20(16(2)32)12-27-23(22)24(31)33/h4-6,9,12-15,17,27H,7-8,10-11H2,1-3H3. The quantitative estimate of drug-likeness (QED) is 0.469. The fourth-order valence-corrected chi connectivity index (χ4v) is 5.80. The number of rotatable bonds is 5. The summed E-state index contributed by atoms with van der Waals surface area (Å²) in [6, 6.07) is 8.26. The second-order valence-electron chi connectivity index (χ2n) is 9.95. The van der Waals surface area contributed by atoms with Crippen molar-refractivity contribution in [2.45, 2.75) is 50.9 Å². The Morgan fingerprint density at radius 3 is 2.67 bits per heavy atom. The van der Waals surface area contributed by atoms with Crippen molar-refractivity contribution in [2.75, 3.05) is 0 Å². The molecule has 2 fully saturated rings. The van der Waals surface area contributed by atoms with Crippen LogP contribution in [0.3, 0.4) is 0 Å². The number of Topliss-reactive ketones (excluding diaryl/α,β-unsaturated/α-hetero) is 1. The van der Waals surface area contributed by atoms with E-state index >= 15 is 0 Å². The number of pyridine rings is 1. The van der Waals surface area contributed by atoms with Gasteiger partial charge in [-0.25, -0.2) is 0 Å². The minimum atomic E-state index is -0.193. The van der Waals surface area contributed by atoms with Crippen LogP contribution in [-0.4, -0.2) is 30.1 Å². The normalized spacial score (nSPS) is 22.5. The van der Waals surface area contributed by atoms with E-state index in [9.17, 15) is 9.59 Å². The van der Waals surface area contributed by atoms with Crippen LogP contribution in [0, 0.1) is 5.92 Å². The molecule has 0 spiro atoms. The van der Waals surface area contributed by atoms with Crippen molar-refractivity contribution in [3.05, 3.63) is 75.9 Å². The van der Waals surface area contributed by atoms with Gasteiger partial charge in [-0.05, 0) is 67.7 Å². The van der Waals surface area contributed by atoms with E-state index in [0.29, 0.717) is 22.9 Å². The number of hydrogen-bond donors (Lipinski definition) is 1. The molecule has 0 radical (unpaired) electrons. The molecule has 4 aromatic rings. The number of H-pyrrole nitrogens is 1. The van der Waals surface area contributed by atoms with E-state index in [1.807, 2.05) is 29.9 Å². The maximum Gasteiger partial charge on any atom is 0.279 e. The Bertz CT molecular complexity index is 1460. The molecule has 0 amide bonds. The SMILES string of the molecule is CC(=O)c1c[nH]c2c(=O)n(-c3cccc(C4(c5nncn5C)CC(C)C4)c3)cc(C3CC3)c12. The summed E-state index contributed by atoms with van der Waals surface area (Å²) >= 11 is 0. The van der Waals surface area contributed by atoms with Crippen molar-refractivity contribution in [1.82, 2.24) is 24.3 Å². The Balaban J connectivity index is 1.53. The van der Waals surface area contributed by atoms with Gasteiger partial charge in [0.2, 0.25) is 0 Å². The highest BCUT2D eigenvalue weighted by atomic mass is 16.1. The van der Waals surface area contributed by atoms with E-state index in [1.54, 1.807) is 24.0 Å². The Morgan fingerprint density at radius 2 is 2.03 bits per heavy atom. The number of hydrogen-bond acceptors (Lipinski definition) is 4. The maximum absolute atomic E-state index is 13.5. The summed E-state index contributed by atoms with van der Waals surface area (Å²) in [5, 5.41) is 9.38. The van der Waals surface area contributed by atoms with Gasteiger partial charge in [-0.3, -0.25) is 14.2 Å². The molecule has 0 saturated heterocycles. The van der Waals surface area contributed by atoms with Crippen molar-refractivity contribution in [3.8, 4) is 5.69 Å². The molecule has 1 N–H and O–H groups in total. The van der Waals surface area contributed by atoms with Crippen molar-refractivity contribution in [1.29, 1.82) is 0 Å². The molecule has 0 aliphatic heterocycles. The lowest BCUT2D eigenvalue weighted by Crippen LogP contribution is -2.43. The van der Waals surface area contributed by atoms with E-state index in [1.165, 1.54) is 0 Å². The molecule has 2 aliphatic rings. The highest BCUT2D eigenvalue weighted by Gasteiger charge is 2.48. The van der Waals surface area contributed by atoms with E-state index in [2.05, 4.69) is 34.2 Å². The lowest BCUT2D eigenvalue weighted by molar-refractivity contribution is 0.101. The van der Waals surface area contributed by atoms with Crippen molar-refractivity contribution in [3.63, 3.8) is 0 Å². The van der Waals surface area contributed by atoms with Crippen LogP contribution in [0.4, 0.5) is 0 Å². The van der Waals surface area contributed by atoms with Gasteiger partial charge in [0.1, 0.15) is 17.7 Å². The number of fused-ring (bicyclic) bond motifs is 1. The molecule has 0 atom stereocenters. The molecule has 0 unspecified atom stereocenters. The monoisotopic (exact) mass is 441 g/mol. The molecule has 33 heavy (non-hydrogen) atoms. The van der Waals surface area contributed by atoms with E-state index < -0.39 is 0 Å². The van der Waals surface area contributed by atoms with Gasteiger partial charge >= 0.3 is 0 Å². The fourth-order valence-electron chi connectivity index (χ4n) is 5.80. The van der Waals surface area contributed by atoms with Crippen LogP contribution in [0.25, 0.3) is 16.6 Å². The smallest absolute Gasteiger partial charge is 0.279 e. The molecule has 3 aromatic heterocycles. The minimum absolute atomic E-state index is 0.0213. The van der Waals surface area contributed by atoms with Crippen LogP contribution in [-0.2, 0) is 12.5 Å². The third-order valence-electron chi connectivity index (χ3n) is 7.48. The first-order chi connectivity index (χ1) is 15.9. The number of aromatic nitrogens is 5. The van der Waals surface area contributed by atoms with Gasteiger partial charge in [0.15, 0.2) is 5.78 Å². The molecular weight excluding hydrogens is 414 g/mol. The molecule has 3 heterocycles. The predicted molar refractivity (Wildman–Crippen MR) is 126 cm³/mol. The van der Waals surface area contributed by atoms with Crippen LogP contribution in [0.15, 0.2) is 47.8 Å². The number of nitrogens with zero attached hydrogens (tertiary/aromatic N) is 4. The Morgan fingerprint density at radius 1 is 1.24 bits per heavy atom. The van der Waals surface area contributed by atoms with Crippen molar-refractivity contribution < 1.29 is 4.79 Å². The molecule has 168 valence electrons. The first-order valence-corrected chi connectivity index (χ1v) is 11.6. The van der Waals surface area contributed by atoms with Crippen LogP contribution in [0.5, 0.6) is 0 Å². The number of aromatic amines is 1. The van der Waals surface area contributed by atoms with E-state index in [4.69, 9.17) is 0 Å². The summed E-state index contributed by atoms with van der Waals surface area (Å²) in [5.41, 5.74) is 3.87. The maximum atomic E-state index is 13.5. The molecule has 2 saturated carbocycles. The number of benzene rings is 1. The average Bonchev–Trinajstić information content (AvgIpc) is 3.36. The Kier molecular flexibility index (Phi) is 4.28. The summed E-state index contributed by atoms with van der Waals surface area (Å²) in [7, 11) is 1.99. The summed E-state index contributed by atoms with van der Waals surface area (Å²) < 4.78 is 3.75. The average molecular weight is 442 g/mol. The van der Waals surface area contributed by atoms with Crippen molar-refractivity contribution >= 4 is 16.7 Å². The van der Waals surface area contributed by atoms with Crippen LogP contribution in [0.2, 0.25) is 0 Å². The van der Waals surface area contributed by atoms with Gasteiger partial charge in [0.05, 0.1) is 5.41 Å². The van der Waals surface area contributed by atoms with Crippen molar-refractivity contribution in [2.24, 2.45) is 13.0 Å². The number of carbonyl (C=O) groups is 1. The van der Waals surface area contributed by atoms with Gasteiger partial charge in [0, 0.05) is 36.1 Å². The molecule has 7 heteroatoms. The summed E-state index contributed by atoms with van der Waals surface area (Å²) in [6.07, 6.45) is 9.57. The van der Waals surface area contributed by atoms with E-state index in [0.717, 1.165) is 53.7 Å². The molecule has 1 aromatic carbocycles. The first kappa shape index (κ1) is 20.1. The third kappa shape index (κ3) is 2.95. The number of ketones is 1. The Hall–Kier alpha value is -3.48. The topological polar surface area (TPSA) is 85.6 Å². The van der Waals surface area contributed by atoms with E-state index in [-0.39, 0.29) is 16.8 Å². The molecular formula is C26H27N5O2. The number of nitrogens with one attached hydrogen (secondary N) is 1. The molecule has 0 bridgehead atoms. The lowest BCUT2D eigenvalue weighted by Gasteiger charge is -2.46. The highest BCUT2D eigenvalue weighted by molar-refractivity contribution is 6.08. The molecule has 7 nitrogen and oxygen atoms in total. The van der Waals surface area contributed by atoms with Crippen LogP contribution < -0.4 is 5.56 Å². The predicted octanol–water partition coefficient (Wildman–Crippen LogP) is 4.24. The molecule has 2 aliphatic carbocycles. The fraction of sp³-hybridized carbons (Fsp3) is 0.385. The zero-order valence-electron chi connectivity index (χ0n) is 19.1. The molecule has 6 rings (SSSR count). The van der Waals surface area contributed by atoms with Gasteiger partial charge in [0.25, 0.3) is 5.56 Å².